The molecule has 128 valence electrons. The second-order valence-corrected chi connectivity index (χ2v) is 7.20. The van der Waals surface area contributed by atoms with Gasteiger partial charge in [-0.1, -0.05) is 11.8 Å². The molecule has 1 amide bonds. The number of nitrogens with one attached hydrogen (secondary N) is 1. The minimum atomic E-state index is -0.0821. The highest BCUT2D eigenvalue weighted by atomic mass is 32.2. The molecule has 7 nitrogen and oxygen atoms in total. The van der Waals surface area contributed by atoms with Crippen LogP contribution in [0, 0.1) is 0 Å². The normalized spacial score (nSPS) is 14.3. The number of nitrogens with zero attached hydrogens (tertiary/aromatic N) is 3. The van der Waals surface area contributed by atoms with Crippen molar-refractivity contribution >= 4 is 35.2 Å². The average molecular weight is 366 g/mol. The summed E-state index contributed by atoms with van der Waals surface area (Å²) < 4.78 is 5.42. The molecule has 2 aromatic heterocycles. The van der Waals surface area contributed by atoms with E-state index in [1.807, 2.05) is 6.26 Å². The molecule has 0 atom stereocenters. The Morgan fingerprint density at radius 2 is 2.12 bits per heavy atom. The van der Waals surface area contributed by atoms with Crippen LogP contribution < -0.4 is 0 Å². The standard InChI is InChI=1S/C15H18N4O3S2/c1-23-9-13-17-18-15(22-13)24-8-12(20)10-6-11(16-7-10)14(21)19-4-2-3-5-19/h6-7,16H,2-5,8-9H2,1H3. The Morgan fingerprint density at radius 1 is 1.33 bits per heavy atom. The molecule has 1 N–H and O–H groups in total. The summed E-state index contributed by atoms with van der Waals surface area (Å²) in [6.45, 7) is 1.57. The van der Waals surface area contributed by atoms with Gasteiger partial charge in [-0.2, -0.15) is 11.8 Å². The Hall–Kier alpha value is -1.74. The summed E-state index contributed by atoms with van der Waals surface area (Å²) in [5.74, 6) is 1.27. The highest BCUT2D eigenvalue weighted by molar-refractivity contribution is 7.99. The van der Waals surface area contributed by atoms with Crippen molar-refractivity contribution < 1.29 is 14.0 Å². The Kier molecular flexibility index (Phi) is 5.62. The number of rotatable bonds is 7. The molecule has 0 radical (unpaired) electrons. The molecule has 0 aliphatic carbocycles. The van der Waals surface area contributed by atoms with Crippen LogP contribution in [0.4, 0.5) is 0 Å². The van der Waals surface area contributed by atoms with Crippen molar-refractivity contribution in [2.45, 2.75) is 23.8 Å². The molecule has 3 rings (SSSR count). The number of hydrogen-bond donors (Lipinski definition) is 1. The summed E-state index contributed by atoms with van der Waals surface area (Å²) in [5, 5.41) is 8.19. The first-order valence-electron chi connectivity index (χ1n) is 7.62. The van der Waals surface area contributed by atoms with Crippen LogP contribution in [0.3, 0.4) is 0 Å². The van der Waals surface area contributed by atoms with Gasteiger partial charge in [0.05, 0.1) is 11.5 Å². The van der Waals surface area contributed by atoms with Crippen LogP contribution in [-0.4, -0.2) is 56.9 Å². The van der Waals surface area contributed by atoms with E-state index in [0.29, 0.717) is 28.1 Å². The van der Waals surface area contributed by atoms with E-state index < -0.39 is 0 Å². The van der Waals surface area contributed by atoms with E-state index in [4.69, 9.17) is 4.42 Å². The van der Waals surface area contributed by atoms with E-state index in [9.17, 15) is 9.59 Å². The van der Waals surface area contributed by atoms with E-state index in [1.165, 1.54) is 11.8 Å². The molecule has 1 aliphatic heterocycles. The number of carbonyl (C=O) groups is 2. The van der Waals surface area contributed by atoms with Gasteiger partial charge in [-0.15, -0.1) is 10.2 Å². The van der Waals surface area contributed by atoms with E-state index >= 15 is 0 Å². The van der Waals surface area contributed by atoms with Gasteiger partial charge < -0.3 is 14.3 Å². The van der Waals surface area contributed by atoms with Gasteiger partial charge in [0.2, 0.25) is 5.89 Å². The van der Waals surface area contributed by atoms with Crippen molar-refractivity contribution in [2.24, 2.45) is 0 Å². The monoisotopic (exact) mass is 366 g/mol. The van der Waals surface area contributed by atoms with Crippen molar-refractivity contribution in [1.82, 2.24) is 20.1 Å². The number of likely N-dealkylation sites (tertiary alicyclic amines) is 1. The summed E-state index contributed by atoms with van der Waals surface area (Å²) in [4.78, 5) is 29.2. The predicted octanol–water partition coefficient (Wildman–Crippen LogP) is 2.47. The van der Waals surface area contributed by atoms with E-state index in [0.717, 1.165) is 25.9 Å². The van der Waals surface area contributed by atoms with E-state index in [2.05, 4.69) is 15.2 Å². The number of amides is 1. The largest absolute Gasteiger partial charge is 0.415 e. The molecule has 1 aliphatic rings. The Morgan fingerprint density at radius 3 is 2.88 bits per heavy atom. The Balaban J connectivity index is 1.56. The number of thioether (sulfide) groups is 2. The van der Waals surface area contributed by atoms with Gasteiger partial charge >= 0.3 is 0 Å². The first kappa shape index (κ1) is 17.1. The molecule has 0 aromatic carbocycles. The zero-order valence-electron chi connectivity index (χ0n) is 13.3. The van der Waals surface area contributed by atoms with Crippen LogP contribution in [0.1, 0.15) is 39.6 Å². The summed E-state index contributed by atoms with van der Waals surface area (Å²) in [6.07, 6.45) is 5.61. The molecule has 0 spiro atoms. The molecule has 9 heteroatoms. The van der Waals surface area contributed by atoms with Gasteiger partial charge in [0.25, 0.3) is 11.1 Å². The molecule has 1 saturated heterocycles. The maximum Gasteiger partial charge on any atom is 0.277 e. The van der Waals surface area contributed by atoms with Gasteiger partial charge in [-0.05, 0) is 25.2 Å². The highest BCUT2D eigenvalue weighted by Crippen LogP contribution is 2.20. The third-order valence-electron chi connectivity index (χ3n) is 3.67. The smallest absolute Gasteiger partial charge is 0.277 e. The molecule has 0 unspecified atom stereocenters. The maximum absolute atomic E-state index is 12.3. The molecule has 0 saturated carbocycles. The van der Waals surface area contributed by atoms with Gasteiger partial charge in [0.15, 0.2) is 5.78 Å². The van der Waals surface area contributed by atoms with Crippen LogP contribution >= 0.6 is 23.5 Å². The number of aromatic nitrogens is 3. The van der Waals surface area contributed by atoms with Gasteiger partial charge in [-0.3, -0.25) is 9.59 Å². The minimum Gasteiger partial charge on any atom is -0.415 e. The van der Waals surface area contributed by atoms with Gasteiger partial charge in [0.1, 0.15) is 5.69 Å². The summed E-state index contributed by atoms with van der Waals surface area (Å²) in [6, 6.07) is 1.62. The fraction of sp³-hybridized carbons (Fsp3) is 0.467. The van der Waals surface area contributed by atoms with Crippen LogP contribution in [0.5, 0.6) is 0 Å². The average Bonchev–Trinajstić information content (AvgIpc) is 3.32. The molecule has 2 aromatic rings. The fourth-order valence-electron chi connectivity index (χ4n) is 2.46. The molecule has 1 fully saturated rings. The molecular formula is C15H18N4O3S2. The Labute approximate surface area is 148 Å². The summed E-state index contributed by atoms with van der Waals surface area (Å²) >= 11 is 2.80. The Bertz CT molecular complexity index is 722. The van der Waals surface area contributed by atoms with Crippen LogP contribution in [0.15, 0.2) is 21.9 Å². The molecule has 24 heavy (non-hydrogen) atoms. The lowest BCUT2D eigenvalue weighted by Crippen LogP contribution is -2.27. The molecule has 3 heterocycles. The van der Waals surface area contributed by atoms with Crippen molar-refractivity contribution in [1.29, 1.82) is 0 Å². The molecular weight excluding hydrogens is 348 g/mol. The second kappa shape index (κ2) is 7.89. The van der Waals surface area contributed by atoms with Crippen molar-refractivity contribution in [3.8, 4) is 0 Å². The number of Topliss-reactive ketones (excluding diaryl/α,β-unsaturated/α-hetero) is 1. The zero-order chi connectivity index (χ0) is 16.9. The van der Waals surface area contributed by atoms with Crippen LogP contribution in [0.25, 0.3) is 0 Å². The first-order valence-corrected chi connectivity index (χ1v) is 10.0. The summed E-state index contributed by atoms with van der Waals surface area (Å²) in [7, 11) is 0. The summed E-state index contributed by atoms with van der Waals surface area (Å²) in [5.41, 5.74) is 0.958. The second-order valence-electron chi connectivity index (χ2n) is 5.41. The van der Waals surface area contributed by atoms with Crippen molar-refractivity contribution in [3.05, 3.63) is 29.4 Å². The van der Waals surface area contributed by atoms with Crippen LogP contribution in [0.2, 0.25) is 0 Å². The highest BCUT2D eigenvalue weighted by Gasteiger charge is 2.22. The number of ketones is 1. The zero-order valence-corrected chi connectivity index (χ0v) is 14.9. The predicted molar refractivity (Wildman–Crippen MR) is 92.5 cm³/mol. The number of aromatic amines is 1. The lowest BCUT2D eigenvalue weighted by Gasteiger charge is -2.13. The third kappa shape index (κ3) is 4.02. The third-order valence-corrected chi connectivity index (χ3v) is 5.03. The number of carbonyl (C=O) groups excluding carboxylic acids is 2. The van der Waals surface area contributed by atoms with Crippen LogP contribution in [-0.2, 0) is 5.75 Å². The lowest BCUT2D eigenvalue weighted by molar-refractivity contribution is 0.0787. The lowest BCUT2D eigenvalue weighted by atomic mass is 10.2. The number of hydrogen-bond acceptors (Lipinski definition) is 7. The maximum atomic E-state index is 12.3. The SMILES string of the molecule is CSCc1nnc(SCC(=O)c2c[nH]c(C(=O)N3CCCC3)c2)o1. The van der Waals surface area contributed by atoms with E-state index in [1.54, 1.807) is 28.9 Å². The van der Waals surface area contributed by atoms with E-state index in [-0.39, 0.29) is 17.4 Å². The fourth-order valence-corrected chi connectivity index (χ4v) is 3.50. The van der Waals surface area contributed by atoms with Gasteiger partial charge in [-0.25, -0.2) is 0 Å². The molecule has 0 bridgehead atoms. The topological polar surface area (TPSA) is 92.1 Å². The van der Waals surface area contributed by atoms with Crippen molar-refractivity contribution in [3.63, 3.8) is 0 Å². The minimum absolute atomic E-state index is 0.0437. The van der Waals surface area contributed by atoms with Crippen molar-refractivity contribution in [2.75, 3.05) is 25.1 Å². The first-order chi connectivity index (χ1) is 11.7. The van der Waals surface area contributed by atoms with Gasteiger partial charge in [0, 0.05) is 24.8 Å². The quantitative estimate of drug-likeness (QED) is 0.594. The number of H-pyrrole nitrogens is 1.